The van der Waals surface area contributed by atoms with Gasteiger partial charge in [-0.15, -0.1) is 0 Å². The van der Waals surface area contributed by atoms with Crippen molar-refractivity contribution in [1.29, 1.82) is 0 Å². The van der Waals surface area contributed by atoms with Gasteiger partial charge in [-0.25, -0.2) is 0 Å². The number of rotatable bonds is 3. The van der Waals surface area contributed by atoms with Gasteiger partial charge >= 0.3 is 0 Å². The van der Waals surface area contributed by atoms with Crippen molar-refractivity contribution < 1.29 is 4.79 Å². The minimum Gasteiger partial charge on any atom is -0.352 e. The molecule has 2 bridgehead atoms. The number of hydrogen-bond acceptors (Lipinski definition) is 2. The van der Waals surface area contributed by atoms with E-state index < -0.39 is 0 Å². The first-order chi connectivity index (χ1) is 8.74. The number of benzene rings is 1. The summed E-state index contributed by atoms with van der Waals surface area (Å²) in [6.45, 7) is 2.74. The maximum atomic E-state index is 12.2. The number of carbonyl (C=O) groups is 1. The van der Waals surface area contributed by atoms with Crippen molar-refractivity contribution in [3.05, 3.63) is 35.4 Å². The second kappa shape index (κ2) is 4.73. The first-order valence-electron chi connectivity index (χ1n) is 6.82. The molecule has 3 unspecified atom stereocenters. The van der Waals surface area contributed by atoms with Gasteiger partial charge in [0.25, 0.3) is 0 Å². The van der Waals surface area contributed by atoms with Crippen LogP contribution in [-0.2, 0) is 11.3 Å². The van der Waals surface area contributed by atoms with Gasteiger partial charge in [0.2, 0.25) is 5.91 Å². The Kier molecular flexibility index (Phi) is 3.08. The molecule has 3 atom stereocenters. The van der Waals surface area contributed by atoms with E-state index in [0.29, 0.717) is 18.6 Å². The van der Waals surface area contributed by atoms with Crippen LogP contribution in [0.3, 0.4) is 0 Å². The van der Waals surface area contributed by atoms with Crippen molar-refractivity contribution in [3.63, 3.8) is 0 Å². The van der Waals surface area contributed by atoms with E-state index >= 15 is 0 Å². The molecule has 0 aliphatic carbocycles. The van der Waals surface area contributed by atoms with Crippen LogP contribution in [0, 0.1) is 12.8 Å². The molecule has 1 aromatic carbocycles. The molecule has 0 radical (unpaired) electrons. The zero-order valence-electron chi connectivity index (χ0n) is 10.8. The van der Waals surface area contributed by atoms with Gasteiger partial charge in [-0.2, -0.15) is 0 Å². The van der Waals surface area contributed by atoms with Gasteiger partial charge in [-0.05, 0) is 37.3 Å². The summed E-state index contributed by atoms with van der Waals surface area (Å²) in [6, 6.07) is 9.22. The summed E-state index contributed by atoms with van der Waals surface area (Å²) in [5.74, 6) is 0.408. The largest absolute Gasteiger partial charge is 0.352 e. The van der Waals surface area contributed by atoms with E-state index in [9.17, 15) is 4.79 Å². The predicted molar refractivity (Wildman–Crippen MR) is 71.1 cm³/mol. The number of hydrogen-bond donors (Lipinski definition) is 2. The fourth-order valence-corrected chi connectivity index (χ4v) is 3.24. The number of aryl methyl sites for hydroxylation is 1. The monoisotopic (exact) mass is 244 g/mol. The lowest BCUT2D eigenvalue weighted by Gasteiger charge is -2.19. The summed E-state index contributed by atoms with van der Waals surface area (Å²) >= 11 is 0. The lowest BCUT2D eigenvalue weighted by atomic mass is 9.88. The van der Waals surface area contributed by atoms with Gasteiger partial charge in [0.15, 0.2) is 0 Å². The van der Waals surface area contributed by atoms with Gasteiger partial charge in [0.05, 0.1) is 5.92 Å². The number of fused-ring (bicyclic) bond motifs is 2. The molecule has 1 aromatic rings. The molecule has 2 heterocycles. The van der Waals surface area contributed by atoms with Crippen LogP contribution in [0.25, 0.3) is 0 Å². The topological polar surface area (TPSA) is 41.1 Å². The van der Waals surface area contributed by atoms with Crippen LogP contribution in [0.4, 0.5) is 0 Å². The molecule has 2 saturated heterocycles. The summed E-state index contributed by atoms with van der Waals surface area (Å²) in [4.78, 5) is 12.2. The Morgan fingerprint density at radius 2 is 2.22 bits per heavy atom. The Labute approximate surface area is 108 Å². The highest BCUT2D eigenvalue weighted by Gasteiger charge is 2.42. The van der Waals surface area contributed by atoms with E-state index in [0.717, 1.165) is 12.8 Å². The van der Waals surface area contributed by atoms with Crippen molar-refractivity contribution in [2.75, 3.05) is 0 Å². The molecule has 2 aliphatic rings. The van der Waals surface area contributed by atoms with Crippen molar-refractivity contribution in [2.45, 2.75) is 44.8 Å². The lowest BCUT2D eigenvalue weighted by Crippen LogP contribution is -2.37. The summed E-state index contributed by atoms with van der Waals surface area (Å²) < 4.78 is 0. The number of nitrogens with one attached hydrogen (secondary N) is 2. The highest BCUT2D eigenvalue weighted by molar-refractivity contribution is 5.80. The van der Waals surface area contributed by atoms with Gasteiger partial charge < -0.3 is 10.6 Å². The molecule has 96 valence electrons. The van der Waals surface area contributed by atoms with E-state index in [1.165, 1.54) is 17.5 Å². The summed E-state index contributed by atoms with van der Waals surface area (Å²) in [5, 5.41) is 6.60. The second-order valence-corrected chi connectivity index (χ2v) is 5.53. The minimum absolute atomic E-state index is 0.188. The summed E-state index contributed by atoms with van der Waals surface area (Å²) in [6.07, 6.45) is 3.42. The minimum atomic E-state index is 0.188. The van der Waals surface area contributed by atoms with Gasteiger partial charge in [0, 0.05) is 18.6 Å². The van der Waals surface area contributed by atoms with E-state index in [4.69, 9.17) is 0 Å². The van der Waals surface area contributed by atoms with Crippen LogP contribution < -0.4 is 10.6 Å². The van der Waals surface area contributed by atoms with E-state index in [1.807, 2.05) is 12.1 Å². The van der Waals surface area contributed by atoms with Crippen molar-refractivity contribution in [1.82, 2.24) is 10.6 Å². The molecule has 2 aliphatic heterocycles. The van der Waals surface area contributed by atoms with E-state index in [1.54, 1.807) is 0 Å². The molecule has 3 rings (SSSR count). The molecule has 2 N–H and O–H groups in total. The predicted octanol–water partition coefficient (Wildman–Crippen LogP) is 1.75. The molecule has 2 fully saturated rings. The molecule has 3 heteroatoms. The van der Waals surface area contributed by atoms with Crippen molar-refractivity contribution in [2.24, 2.45) is 5.92 Å². The van der Waals surface area contributed by atoms with E-state index in [2.05, 4.69) is 29.7 Å². The van der Waals surface area contributed by atoms with Crippen molar-refractivity contribution >= 4 is 5.91 Å². The fourth-order valence-electron chi connectivity index (χ4n) is 3.24. The summed E-state index contributed by atoms with van der Waals surface area (Å²) in [7, 11) is 0. The first-order valence-corrected chi connectivity index (χ1v) is 6.82. The van der Waals surface area contributed by atoms with Gasteiger partial charge in [0.1, 0.15) is 0 Å². The quantitative estimate of drug-likeness (QED) is 0.850. The smallest absolute Gasteiger partial charge is 0.225 e. The Bertz CT molecular complexity index is 458. The normalized spacial score (nSPS) is 29.5. The van der Waals surface area contributed by atoms with Crippen molar-refractivity contribution in [3.8, 4) is 0 Å². The first kappa shape index (κ1) is 11.7. The lowest BCUT2D eigenvalue weighted by molar-refractivity contribution is -0.125. The van der Waals surface area contributed by atoms with Crippen LogP contribution in [0.15, 0.2) is 24.3 Å². The molecular formula is C15H20N2O. The number of amides is 1. The summed E-state index contributed by atoms with van der Waals surface area (Å²) in [5.41, 5.74) is 2.45. The molecule has 0 aromatic heterocycles. The van der Waals surface area contributed by atoms with Gasteiger partial charge in [-0.3, -0.25) is 4.79 Å². The Morgan fingerprint density at radius 1 is 1.39 bits per heavy atom. The van der Waals surface area contributed by atoms with Crippen LogP contribution in [0.2, 0.25) is 0 Å². The standard InChI is InChI=1S/C15H20N2O/c1-10-4-2-3-5-11(10)9-16-15(18)13-8-12-6-7-14(13)17-12/h2-5,12-14,17H,6-9H2,1H3,(H,16,18). The zero-order chi connectivity index (χ0) is 12.5. The van der Waals surface area contributed by atoms with Crippen LogP contribution in [-0.4, -0.2) is 18.0 Å². The molecular weight excluding hydrogens is 224 g/mol. The molecule has 3 nitrogen and oxygen atoms in total. The average molecular weight is 244 g/mol. The molecule has 0 spiro atoms. The van der Waals surface area contributed by atoms with E-state index in [-0.39, 0.29) is 11.8 Å². The highest BCUT2D eigenvalue weighted by atomic mass is 16.1. The van der Waals surface area contributed by atoms with Crippen LogP contribution >= 0.6 is 0 Å². The molecule has 18 heavy (non-hydrogen) atoms. The third kappa shape index (κ3) is 2.15. The number of carbonyl (C=O) groups excluding carboxylic acids is 1. The van der Waals surface area contributed by atoms with Gasteiger partial charge in [-0.1, -0.05) is 24.3 Å². The third-order valence-corrected chi connectivity index (χ3v) is 4.35. The maximum Gasteiger partial charge on any atom is 0.225 e. The second-order valence-electron chi connectivity index (χ2n) is 5.53. The maximum absolute atomic E-state index is 12.2. The zero-order valence-corrected chi connectivity index (χ0v) is 10.8. The van der Waals surface area contributed by atoms with Crippen LogP contribution in [0.1, 0.15) is 30.4 Å². The molecule has 0 saturated carbocycles. The highest BCUT2D eigenvalue weighted by Crippen LogP contribution is 2.33. The average Bonchev–Trinajstić information content (AvgIpc) is 2.99. The fraction of sp³-hybridized carbons (Fsp3) is 0.533. The Balaban J connectivity index is 1.58. The third-order valence-electron chi connectivity index (χ3n) is 4.35. The molecule has 1 amide bonds. The SMILES string of the molecule is Cc1ccccc1CNC(=O)C1CC2CCC1N2. The van der Waals surface area contributed by atoms with Crippen LogP contribution in [0.5, 0.6) is 0 Å². The Morgan fingerprint density at radius 3 is 2.89 bits per heavy atom. The Hall–Kier alpha value is -1.35.